The van der Waals surface area contributed by atoms with E-state index in [4.69, 9.17) is 17.0 Å². The van der Waals surface area contributed by atoms with Crippen molar-refractivity contribution >= 4 is 23.0 Å². The zero-order valence-corrected chi connectivity index (χ0v) is 15.1. The Bertz CT molecular complexity index is 723. The molecular formula is C19H23FN3OS+. The highest BCUT2D eigenvalue weighted by Gasteiger charge is 2.23. The van der Waals surface area contributed by atoms with E-state index in [1.807, 2.05) is 36.4 Å². The number of anilines is 1. The second-order valence-corrected chi connectivity index (χ2v) is 6.60. The van der Waals surface area contributed by atoms with Crippen molar-refractivity contribution in [2.45, 2.75) is 13.0 Å². The Balaban J connectivity index is 1.60. The van der Waals surface area contributed by atoms with Gasteiger partial charge in [0.15, 0.2) is 11.8 Å². The largest absolute Gasteiger partial charge is 0.495 e. The van der Waals surface area contributed by atoms with Crippen LogP contribution in [0.1, 0.15) is 12.0 Å². The van der Waals surface area contributed by atoms with Gasteiger partial charge in [-0.1, -0.05) is 24.3 Å². The summed E-state index contributed by atoms with van der Waals surface area (Å²) >= 11 is 5.59. The summed E-state index contributed by atoms with van der Waals surface area (Å²) in [7, 11) is 1.65. The zero-order chi connectivity index (χ0) is 17.6. The zero-order valence-electron chi connectivity index (χ0n) is 14.3. The molecule has 0 bridgehead atoms. The fraction of sp³-hybridized carbons (Fsp3) is 0.316. The third kappa shape index (κ3) is 4.67. The minimum absolute atomic E-state index is 0.193. The number of nitrogens with zero attached hydrogens (tertiary/aromatic N) is 1. The summed E-state index contributed by atoms with van der Waals surface area (Å²) in [6, 6.07) is 14.5. The van der Waals surface area contributed by atoms with Gasteiger partial charge < -0.3 is 19.9 Å². The lowest BCUT2D eigenvalue weighted by Gasteiger charge is -2.34. The quantitative estimate of drug-likeness (QED) is 0.819. The summed E-state index contributed by atoms with van der Waals surface area (Å²) in [4.78, 5) is 3.60. The number of quaternary nitrogens is 1. The van der Waals surface area contributed by atoms with Crippen molar-refractivity contribution in [3.8, 4) is 5.75 Å². The number of halogens is 1. The van der Waals surface area contributed by atoms with E-state index in [1.54, 1.807) is 7.11 Å². The molecule has 0 saturated carbocycles. The third-order valence-corrected chi connectivity index (χ3v) is 4.74. The molecule has 25 heavy (non-hydrogen) atoms. The van der Waals surface area contributed by atoms with E-state index in [-0.39, 0.29) is 5.82 Å². The van der Waals surface area contributed by atoms with Gasteiger partial charge in [0.05, 0.1) is 19.3 Å². The molecule has 1 fully saturated rings. The third-order valence-electron chi connectivity index (χ3n) is 4.38. The van der Waals surface area contributed by atoms with Gasteiger partial charge in [0.25, 0.3) is 0 Å². The number of methoxy groups -OCH3 is 1. The molecule has 0 amide bonds. The topological polar surface area (TPSA) is 28.9 Å². The Kier molecular flexibility index (Phi) is 5.83. The van der Waals surface area contributed by atoms with Gasteiger partial charge in [-0.25, -0.2) is 4.39 Å². The maximum Gasteiger partial charge on any atom is 0.177 e. The molecule has 1 unspecified atom stereocenters. The minimum Gasteiger partial charge on any atom is -0.495 e. The molecule has 2 aromatic carbocycles. The average Bonchev–Trinajstić information content (AvgIpc) is 2.64. The maximum atomic E-state index is 13.1. The van der Waals surface area contributed by atoms with E-state index in [0.29, 0.717) is 5.11 Å². The first-order valence-corrected chi connectivity index (χ1v) is 8.83. The normalized spacial score (nSPS) is 17.2. The Morgan fingerprint density at radius 2 is 2.00 bits per heavy atom. The molecule has 1 heterocycles. The number of hydrogen-bond acceptors (Lipinski definition) is 2. The van der Waals surface area contributed by atoms with Crippen LogP contribution in [0.2, 0.25) is 0 Å². The number of para-hydroxylation sites is 2. The average molecular weight is 360 g/mol. The summed E-state index contributed by atoms with van der Waals surface area (Å²) in [6.07, 6.45) is 1.07. The Morgan fingerprint density at radius 3 is 2.76 bits per heavy atom. The maximum absolute atomic E-state index is 13.1. The van der Waals surface area contributed by atoms with Crippen molar-refractivity contribution in [1.82, 2.24) is 4.90 Å². The molecular weight excluding hydrogens is 337 g/mol. The minimum atomic E-state index is -0.193. The van der Waals surface area contributed by atoms with Gasteiger partial charge >= 0.3 is 0 Å². The van der Waals surface area contributed by atoms with E-state index in [9.17, 15) is 4.39 Å². The molecule has 1 atom stereocenters. The summed E-state index contributed by atoms with van der Waals surface area (Å²) in [5.41, 5.74) is 2.02. The number of benzene rings is 2. The predicted molar refractivity (Wildman–Crippen MR) is 101 cm³/mol. The van der Waals surface area contributed by atoms with E-state index < -0.39 is 0 Å². The van der Waals surface area contributed by atoms with Gasteiger partial charge in [-0.2, -0.15) is 0 Å². The molecule has 132 valence electrons. The van der Waals surface area contributed by atoms with Gasteiger partial charge in [-0.15, -0.1) is 0 Å². The first-order valence-electron chi connectivity index (χ1n) is 8.42. The van der Waals surface area contributed by atoms with Crippen molar-refractivity contribution in [3.05, 3.63) is 59.9 Å². The van der Waals surface area contributed by atoms with Crippen LogP contribution in [-0.4, -0.2) is 36.9 Å². The second kappa shape index (κ2) is 8.27. The lowest BCUT2D eigenvalue weighted by atomic mass is 10.2. The molecule has 2 N–H and O–H groups in total. The molecule has 1 aliphatic heterocycles. The molecule has 4 nitrogen and oxygen atoms in total. The van der Waals surface area contributed by atoms with Crippen LogP contribution in [0, 0.1) is 5.82 Å². The Labute approximate surface area is 153 Å². The standard InChI is InChI=1S/C19H22FN3OS/c1-24-18-6-3-2-5-17(18)21-19(25)23-12-4-11-22(14-23)13-15-7-9-16(20)10-8-15/h2-3,5-10H,4,11-14H2,1H3,(H,21,25)/p+1. The number of nitrogens with one attached hydrogen (secondary N) is 2. The fourth-order valence-corrected chi connectivity index (χ4v) is 3.36. The van der Waals surface area contributed by atoms with Gasteiger partial charge in [0.2, 0.25) is 0 Å². The predicted octanol–water partition coefficient (Wildman–Crippen LogP) is 2.28. The summed E-state index contributed by atoms with van der Waals surface area (Å²) < 4.78 is 18.4. The van der Waals surface area contributed by atoms with Crippen molar-refractivity contribution in [2.75, 3.05) is 32.2 Å². The number of hydrogen-bond donors (Lipinski definition) is 2. The molecule has 6 heteroatoms. The van der Waals surface area contributed by atoms with Crippen molar-refractivity contribution in [1.29, 1.82) is 0 Å². The number of thiocarbonyl (C=S) groups is 1. The monoisotopic (exact) mass is 360 g/mol. The van der Waals surface area contributed by atoms with E-state index in [2.05, 4.69) is 10.2 Å². The van der Waals surface area contributed by atoms with Gasteiger partial charge in [0, 0.05) is 18.5 Å². The van der Waals surface area contributed by atoms with Crippen molar-refractivity contribution < 1.29 is 14.0 Å². The van der Waals surface area contributed by atoms with Crippen molar-refractivity contribution in [2.24, 2.45) is 0 Å². The van der Waals surface area contributed by atoms with Crippen LogP contribution >= 0.6 is 12.2 Å². The molecule has 0 aliphatic carbocycles. The highest BCUT2D eigenvalue weighted by molar-refractivity contribution is 7.80. The first-order chi connectivity index (χ1) is 12.2. The van der Waals surface area contributed by atoms with Crippen LogP contribution in [0.25, 0.3) is 0 Å². The smallest absolute Gasteiger partial charge is 0.177 e. The Morgan fingerprint density at radius 1 is 1.24 bits per heavy atom. The molecule has 0 aromatic heterocycles. The molecule has 1 aliphatic rings. The molecule has 2 aromatic rings. The van der Waals surface area contributed by atoms with Crippen LogP contribution in [0.3, 0.4) is 0 Å². The van der Waals surface area contributed by atoms with Crippen LogP contribution in [0.5, 0.6) is 5.75 Å². The lowest BCUT2D eigenvalue weighted by molar-refractivity contribution is -0.927. The van der Waals surface area contributed by atoms with Crippen LogP contribution in [0.15, 0.2) is 48.5 Å². The SMILES string of the molecule is COc1ccccc1NC(=S)N1CCC[NH+](Cc2ccc(F)cc2)C1. The molecule has 0 radical (unpaired) electrons. The lowest BCUT2D eigenvalue weighted by Crippen LogP contribution is -3.13. The summed E-state index contributed by atoms with van der Waals surface area (Å²) in [5.74, 6) is 0.582. The van der Waals surface area contributed by atoms with Crippen LogP contribution in [-0.2, 0) is 6.54 Å². The van der Waals surface area contributed by atoms with E-state index in [0.717, 1.165) is 49.7 Å². The fourth-order valence-electron chi connectivity index (χ4n) is 3.10. The number of ether oxygens (including phenoxy) is 1. The molecule has 1 saturated heterocycles. The number of rotatable bonds is 4. The van der Waals surface area contributed by atoms with Gasteiger partial charge in [-0.3, -0.25) is 0 Å². The van der Waals surface area contributed by atoms with Crippen molar-refractivity contribution in [3.63, 3.8) is 0 Å². The molecule has 3 rings (SSSR count). The van der Waals surface area contributed by atoms with E-state index >= 15 is 0 Å². The summed E-state index contributed by atoms with van der Waals surface area (Å²) in [5, 5.41) is 4.00. The van der Waals surface area contributed by atoms with Gasteiger partial charge in [0.1, 0.15) is 18.1 Å². The second-order valence-electron chi connectivity index (χ2n) is 6.21. The van der Waals surface area contributed by atoms with Crippen LogP contribution in [0.4, 0.5) is 10.1 Å². The van der Waals surface area contributed by atoms with Crippen LogP contribution < -0.4 is 15.0 Å². The highest BCUT2D eigenvalue weighted by atomic mass is 32.1. The highest BCUT2D eigenvalue weighted by Crippen LogP contribution is 2.23. The Hall–Kier alpha value is -2.18. The van der Waals surface area contributed by atoms with Gasteiger partial charge in [-0.05, 0) is 36.5 Å². The first kappa shape index (κ1) is 17.6. The molecule has 0 spiro atoms. The van der Waals surface area contributed by atoms with E-state index in [1.165, 1.54) is 17.0 Å². The summed E-state index contributed by atoms with van der Waals surface area (Å²) in [6.45, 7) is 3.73.